The standard InChI is InChI=1S/C21H18N4O2S/c26-19(10-7-15-13-23-18-4-2-1-3-17(15)18)24-16-8-5-14(6-9-16)20(27)25-21-22-11-12-28-21/h1-6,8-9,11-13,23H,7,10H2,(H,24,26)(H,22,25,27). The number of nitrogens with zero attached hydrogens (tertiary/aromatic N) is 1. The minimum atomic E-state index is -0.229. The SMILES string of the molecule is O=C(CCc1c[nH]c2ccccc12)Nc1ccc(C(=O)Nc2nccs2)cc1. The number of carbonyl (C=O) groups is 2. The minimum absolute atomic E-state index is 0.0646. The predicted octanol–water partition coefficient (Wildman–Crippen LogP) is 4.45. The van der Waals surface area contributed by atoms with E-state index in [1.807, 2.05) is 24.4 Å². The van der Waals surface area contributed by atoms with Crippen LogP contribution >= 0.6 is 11.3 Å². The van der Waals surface area contributed by atoms with E-state index in [1.165, 1.54) is 11.3 Å². The van der Waals surface area contributed by atoms with E-state index in [0.29, 0.717) is 29.2 Å². The summed E-state index contributed by atoms with van der Waals surface area (Å²) >= 11 is 1.36. The summed E-state index contributed by atoms with van der Waals surface area (Å²) in [6.45, 7) is 0. The lowest BCUT2D eigenvalue weighted by atomic mass is 10.1. The molecule has 0 saturated heterocycles. The molecule has 0 fully saturated rings. The molecular formula is C21H18N4O2S. The van der Waals surface area contributed by atoms with Gasteiger partial charge in [-0.15, -0.1) is 11.3 Å². The Labute approximate surface area is 165 Å². The number of anilines is 2. The molecule has 0 unspecified atom stereocenters. The smallest absolute Gasteiger partial charge is 0.257 e. The third-order valence-corrected chi connectivity index (χ3v) is 5.07. The molecule has 4 rings (SSSR count). The van der Waals surface area contributed by atoms with Gasteiger partial charge in [0.25, 0.3) is 5.91 Å². The van der Waals surface area contributed by atoms with Gasteiger partial charge in [-0.05, 0) is 42.3 Å². The van der Waals surface area contributed by atoms with Crippen LogP contribution in [0.5, 0.6) is 0 Å². The summed E-state index contributed by atoms with van der Waals surface area (Å²) in [6, 6.07) is 14.8. The third-order valence-electron chi connectivity index (χ3n) is 4.38. The molecule has 0 aliphatic heterocycles. The molecule has 2 amide bonds. The molecule has 4 aromatic rings. The van der Waals surface area contributed by atoms with Crippen LogP contribution in [-0.4, -0.2) is 21.8 Å². The zero-order chi connectivity index (χ0) is 19.3. The van der Waals surface area contributed by atoms with E-state index in [0.717, 1.165) is 16.5 Å². The molecule has 0 saturated carbocycles. The molecule has 2 aromatic carbocycles. The molecule has 2 aromatic heterocycles. The summed E-state index contributed by atoms with van der Waals surface area (Å²) < 4.78 is 0. The van der Waals surface area contributed by atoms with Gasteiger partial charge in [0.2, 0.25) is 5.91 Å². The van der Waals surface area contributed by atoms with Gasteiger partial charge in [0.05, 0.1) is 0 Å². The van der Waals surface area contributed by atoms with Crippen molar-refractivity contribution in [2.45, 2.75) is 12.8 Å². The average Bonchev–Trinajstić information content (AvgIpc) is 3.36. The molecule has 2 heterocycles. The second-order valence-electron chi connectivity index (χ2n) is 6.28. The number of thiazole rings is 1. The monoisotopic (exact) mass is 390 g/mol. The maximum absolute atomic E-state index is 12.3. The molecule has 140 valence electrons. The van der Waals surface area contributed by atoms with Crippen LogP contribution in [0.4, 0.5) is 10.8 Å². The van der Waals surface area contributed by atoms with Crippen LogP contribution in [0, 0.1) is 0 Å². The fraction of sp³-hybridized carbons (Fsp3) is 0.0952. The maximum Gasteiger partial charge on any atom is 0.257 e. The predicted molar refractivity (Wildman–Crippen MR) is 112 cm³/mol. The van der Waals surface area contributed by atoms with Gasteiger partial charge in [0.15, 0.2) is 5.13 Å². The summed E-state index contributed by atoms with van der Waals surface area (Å²) in [5.41, 5.74) is 3.37. The highest BCUT2D eigenvalue weighted by molar-refractivity contribution is 7.13. The average molecular weight is 390 g/mol. The number of fused-ring (bicyclic) bond motifs is 1. The van der Waals surface area contributed by atoms with Crippen molar-refractivity contribution in [2.24, 2.45) is 0 Å². The Morgan fingerprint density at radius 2 is 1.86 bits per heavy atom. The number of amides is 2. The molecule has 7 heteroatoms. The molecule has 0 spiro atoms. The first-order chi connectivity index (χ1) is 13.7. The zero-order valence-corrected chi connectivity index (χ0v) is 15.8. The molecule has 0 atom stereocenters. The lowest BCUT2D eigenvalue weighted by molar-refractivity contribution is -0.116. The molecule has 0 aliphatic rings. The number of aromatic amines is 1. The van der Waals surface area contributed by atoms with E-state index < -0.39 is 0 Å². The molecule has 0 aliphatic carbocycles. The third kappa shape index (κ3) is 4.10. The van der Waals surface area contributed by atoms with Crippen LogP contribution in [0.3, 0.4) is 0 Å². The number of aryl methyl sites for hydroxylation is 1. The molecule has 0 radical (unpaired) electrons. The second-order valence-corrected chi connectivity index (χ2v) is 7.17. The van der Waals surface area contributed by atoms with Crippen molar-refractivity contribution < 1.29 is 9.59 Å². The van der Waals surface area contributed by atoms with E-state index in [-0.39, 0.29) is 11.8 Å². The number of benzene rings is 2. The van der Waals surface area contributed by atoms with Crippen LogP contribution < -0.4 is 10.6 Å². The van der Waals surface area contributed by atoms with E-state index in [4.69, 9.17) is 0 Å². The lowest BCUT2D eigenvalue weighted by Gasteiger charge is -2.07. The Bertz CT molecular complexity index is 1100. The second kappa shape index (κ2) is 8.06. The zero-order valence-electron chi connectivity index (χ0n) is 14.9. The summed E-state index contributed by atoms with van der Waals surface area (Å²) in [5, 5.41) is 9.10. The minimum Gasteiger partial charge on any atom is -0.361 e. The fourth-order valence-electron chi connectivity index (χ4n) is 2.97. The summed E-state index contributed by atoms with van der Waals surface area (Å²) in [6.07, 6.45) is 4.63. The van der Waals surface area contributed by atoms with Crippen LogP contribution in [0.15, 0.2) is 66.3 Å². The number of aromatic nitrogens is 2. The molecule has 0 bridgehead atoms. The lowest BCUT2D eigenvalue weighted by Crippen LogP contribution is -2.14. The van der Waals surface area contributed by atoms with E-state index in [9.17, 15) is 9.59 Å². The van der Waals surface area contributed by atoms with Crippen molar-refractivity contribution in [3.8, 4) is 0 Å². The molecule has 28 heavy (non-hydrogen) atoms. The van der Waals surface area contributed by atoms with Crippen molar-refractivity contribution in [2.75, 3.05) is 10.6 Å². The van der Waals surface area contributed by atoms with Crippen LogP contribution in [0.1, 0.15) is 22.3 Å². The van der Waals surface area contributed by atoms with Gasteiger partial charge in [-0.3, -0.25) is 14.9 Å². The highest BCUT2D eigenvalue weighted by Crippen LogP contribution is 2.19. The summed E-state index contributed by atoms with van der Waals surface area (Å²) in [5.74, 6) is -0.294. The largest absolute Gasteiger partial charge is 0.361 e. The van der Waals surface area contributed by atoms with Gasteiger partial charge in [0.1, 0.15) is 0 Å². The van der Waals surface area contributed by atoms with Gasteiger partial charge in [-0.1, -0.05) is 18.2 Å². The van der Waals surface area contributed by atoms with Crippen LogP contribution in [0.25, 0.3) is 10.9 Å². The number of hydrogen-bond acceptors (Lipinski definition) is 4. The Hall–Kier alpha value is -3.45. The normalized spacial score (nSPS) is 10.7. The molecular weight excluding hydrogens is 372 g/mol. The van der Waals surface area contributed by atoms with E-state index >= 15 is 0 Å². The number of carbonyl (C=O) groups excluding carboxylic acids is 2. The van der Waals surface area contributed by atoms with Gasteiger partial charge in [0, 0.05) is 46.3 Å². The van der Waals surface area contributed by atoms with Crippen molar-refractivity contribution in [1.29, 1.82) is 0 Å². The first-order valence-corrected chi connectivity index (χ1v) is 9.73. The molecule has 3 N–H and O–H groups in total. The number of rotatable bonds is 6. The quantitative estimate of drug-likeness (QED) is 0.455. The van der Waals surface area contributed by atoms with Crippen molar-refractivity contribution in [1.82, 2.24) is 9.97 Å². The van der Waals surface area contributed by atoms with Gasteiger partial charge in [-0.25, -0.2) is 4.98 Å². The Morgan fingerprint density at radius 3 is 2.64 bits per heavy atom. The highest BCUT2D eigenvalue weighted by atomic mass is 32.1. The summed E-state index contributed by atoms with van der Waals surface area (Å²) in [4.78, 5) is 31.7. The van der Waals surface area contributed by atoms with Crippen molar-refractivity contribution in [3.05, 3.63) is 77.4 Å². The Kier molecular flexibility index (Phi) is 5.16. The first kappa shape index (κ1) is 17.9. The van der Waals surface area contributed by atoms with Crippen molar-refractivity contribution >= 4 is 44.9 Å². The highest BCUT2D eigenvalue weighted by Gasteiger charge is 2.09. The molecule has 6 nitrogen and oxygen atoms in total. The Balaban J connectivity index is 1.32. The van der Waals surface area contributed by atoms with Crippen LogP contribution in [-0.2, 0) is 11.2 Å². The number of H-pyrrole nitrogens is 1. The first-order valence-electron chi connectivity index (χ1n) is 8.85. The number of hydrogen-bond donors (Lipinski definition) is 3. The summed E-state index contributed by atoms with van der Waals surface area (Å²) in [7, 11) is 0. The number of para-hydroxylation sites is 1. The maximum atomic E-state index is 12.3. The van der Waals surface area contributed by atoms with Gasteiger partial charge in [-0.2, -0.15) is 0 Å². The number of nitrogens with one attached hydrogen (secondary N) is 3. The van der Waals surface area contributed by atoms with Gasteiger partial charge >= 0.3 is 0 Å². The fourth-order valence-corrected chi connectivity index (χ4v) is 3.49. The Morgan fingerprint density at radius 1 is 1.04 bits per heavy atom. The van der Waals surface area contributed by atoms with E-state index in [2.05, 4.69) is 26.7 Å². The topological polar surface area (TPSA) is 86.9 Å². The van der Waals surface area contributed by atoms with Crippen molar-refractivity contribution in [3.63, 3.8) is 0 Å². The van der Waals surface area contributed by atoms with Gasteiger partial charge < -0.3 is 10.3 Å². The van der Waals surface area contributed by atoms with E-state index in [1.54, 1.807) is 35.8 Å². The van der Waals surface area contributed by atoms with Crippen LogP contribution in [0.2, 0.25) is 0 Å².